The Labute approximate surface area is 104 Å². The Kier molecular flexibility index (Phi) is 5.85. The van der Waals surface area contributed by atoms with Crippen LogP contribution in [0.2, 0.25) is 0 Å². The minimum Gasteiger partial charge on any atom is -0.479 e. The third-order valence-electron chi connectivity index (χ3n) is 1.82. The number of hydrogen-bond acceptors (Lipinski definition) is 8. The predicted octanol–water partition coefficient (Wildman–Crippen LogP) is -3.77. The summed E-state index contributed by atoms with van der Waals surface area (Å²) in [7, 11) is 0. The van der Waals surface area contributed by atoms with Crippen LogP contribution < -0.4 is 0 Å². The Morgan fingerprint density at radius 3 is 1.42 bits per heavy atom. The van der Waals surface area contributed by atoms with Crippen LogP contribution in [0.1, 0.15) is 0 Å². The molecule has 0 aromatic carbocycles. The fraction of sp³-hybridized carbons (Fsp3) is 0.500. The molecule has 0 aliphatic carbocycles. The molecule has 0 aromatic rings. The Morgan fingerprint density at radius 1 is 0.684 bits per heavy atom. The molecule has 0 unspecified atom stereocenters. The maximum Gasteiger partial charge on any atom is 0.348 e. The van der Waals surface area contributed by atoms with Crippen molar-refractivity contribution in [3.05, 3.63) is 0 Å². The second kappa shape index (κ2) is 6.63. The maximum absolute atomic E-state index is 11.1. The lowest BCUT2D eigenvalue weighted by molar-refractivity contribution is -0.188. The summed E-state index contributed by atoms with van der Waals surface area (Å²) in [5.74, 6) is -7.97. The van der Waals surface area contributed by atoms with Crippen LogP contribution in [0.25, 0.3) is 0 Å². The molecule has 0 fully saturated rings. The molecule has 0 radical (unpaired) electrons. The van der Waals surface area contributed by atoms with Crippen molar-refractivity contribution in [3.63, 3.8) is 0 Å². The highest BCUT2D eigenvalue weighted by molar-refractivity contribution is 5.88. The topological polar surface area (TPSA) is 199 Å². The van der Waals surface area contributed by atoms with E-state index in [1.807, 2.05) is 0 Å². The fourth-order valence-electron chi connectivity index (χ4n) is 0.838. The second-order valence-electron chi connectivity index (χ2n) is 3.21. The van der Waals surface area contributed by atoms with Crippen molar-refractivity contribution in [2.45, 2.75) is 24.4 Å². The average molecular weight is 282 g/mol. The smallest absolute Gasteiger partial charge is 0.348 e. The van der Waals surface area contributed by atoms with Gasteiger partial charge in [0.05, 0.1) is 0 Å². The van der Waals surface area contributed by atoms with Gasteiger partial charge in [0.25, 0.3) is 0 Å². The summed E-state index contributed by atoms with van der Waals surface area (Å²) in [4.78, 5) is 42.2. The molecular formula is C8H10O11. The zero-order valence-corrected chi connectivity index (χ0v) is 9.03. The van der Waals surface area contributed by atoms with Gasteiger partial charge >= 0.3 is 23.9 Å². The molecule has 11 heteroatoms. The van der Waals surface area contributed by atoms with Crippen molar-refractivity contribution in [2.75, 3.05) is 0 Å². The summed E-state index contributed by atoms with van der Waals surface area (Å²) in [6, 6.07) is 0. The summed E-state index contributed by atoms with van der Waals surface area (Å²) in [6.07, 6.45) is -10.4. The first-order chi connectivity index (χ1) is 8.59. The Balaban J connectivity index is 4.87. The molecule has 0 amide bonds. The Hall–Kier alpha value is -2.24. The van der Waals surface area contributed by atoms with E-state index in [0.717, 1.165) is 0 Å². The summed E-state index contributed by atoms with van der Waals surface area (Å²) < 4.78 is 3.93. The predicted molar refractivity (Wildman–Crippen MR) is 50.8 cm³/mol. The molecule has 0 saturated carbocycles. The molecule has 0 aromatic heterocycles. The van der Waals surface area contributed by atoms with E-state index < -0.39 is 48.3 Å². The van der Waals surface area contributed by atoms with Gasteiger partial charge in [-0.15, -0.1) is 0 Å². The molecule has 6 N–H and O–H groups in total. The average Bonchev–Trinajstić information content (AvgIpc) is 2.31. The quantitative estimate of drug-likeness (QED) is 0.250. The number of aliphatic hydroxyl groups is 3. The summed E-state index contributed by atoms with van der Waals surface area (Å²) in [6.45, 7) is 0. The number of aliphatic hydroxyl groups excluding tert-OH is 3. The number of esters is 1. The first-order valence-corrected chi connectivity index (χ1v) is 4.52. The molecule has 4 atom stereocenters. The van der Waals surface area contributed by atoms with Crippen molar-refractivity contribution in [2.24, 2.45) is 0 Å². The van der Waals surface area contributed by atoms with Crippen LogP contribution in [0.4, 0.5) is 0 Å². The Morgan fingerprint density at radius 2 is 1.11 bits per heavy atom. The van der Waals surface area contributed by atoms with Crippen LogP contribution in [0.5, 0.6) is 0 Å². The van der Waals surface area contributed by atoms with E-state index in [-0.39, 0.29) is 0 Å². The first-order valence-electron chi connectivity index (χ1n) is 4.52. The third kappa shape index (κ3) is 4.50. The normalized spacial score (nSPS) is 16.8. The van der Waals surface area contributed by atoms with Gasteiger partial charge in [-0.1, -0.05) is 0 Å². The van der Waals surface area contributed by atoms with Crippen molar-refractivity contribution < 1.29 is 54.6 Å². The lowest BCUT2D eigenvalue weighted by Crippen LogP contribution is -2.47. The van der Waals surface area contributed by atoms with E-state index in [2.05, 4.69) is 4.74 Å². The maximum atomic E-state index is 11.1. The molecular weight excluding hydrogens is 272 g/mol. The number of carbonyl (C=O) groups excluding carboxylic acids is 1. The highest BCUT2D eigenvalue weighted by Crippen LogP contribution is 2.06. The summed E-state index contributed by atoms with van der Waals surface area (Å²) in [5, 5.41) is 51.8. The lowest BCUT2D eigenvalue weighted by atomic mass is 10.2. The largest absolute Gasteiger partial charge is 0.479 e. The van der Waals surface area contributed by atoms with E-state index in [4.69, 9.17) is 30.6 Å². The second-order valence-corrected chi connectivity index (χ2v) is 3.21. The SMILES string of the molecule is O=C(O)[C@@H](O)[C@@H](O)C(=O)O[C@@H](C(=O)O)[C@H](O)C(=O)O. The highest BCUT2D eigenvalue weighted by atomic mass is 16.6. The van der Waals surface area contributed by atoms with Gasteiger partial charge in [0, 0.05) is 0 Å². The van der Waals surface area contributed by atoms with Gasteiger partial charge in [0.15, 0.2) is 18.3 Å². The zero-order valence-electron chi connectivity index (χ0n) is 9.03. The molecule has 108 valence electrons. The van der Waals surface area contributed by atoms with Crippen LogP contribution in [0.3, 0.4) is 0 Å². The van der Waals surface area contributed by atoms with E-state index in [0.29, 0.717) is 0 Å². The van der Waals surface area contributed by atoms with Gasteiger partial charge in [0.1, 0.15) is 0 Å². The van der Waals surface area contributed by atoms with Gasteiger partial charge in [-0.05, 0) is 0 Å². The van der Waals surface area contributed by atoms with Crippen molar-refractivity contribution in [1.82, 2.24) is 0 Å². The van der Waals surface area contributed by atoms with Crippen molar-refractivity contribution in [1.29, 1.82) is 0 Å². The Bertz CT molecular complexity index is 388. The van der Waals surface area contributed by atoms with Gasteiger partial charge in [-0.3, -0.25) is 0 Å². The van der Waals surface area contributed by atoms with Crippen LogP contribution in [-0.2, 0) is 23.9 Å². The summed E-state index contributed by atoms with van der Waals surface area (Å²) >= 11 is 0. The van der Waals surface area contributed by atoms with Crippen molar-refractivity contribution >= 4 is 23.9 Å². The molecule has 0 saturated heterocycles. The lowest BCUT2D eigenvalue weighted by Gasteiger charge is -2.19. The molecule has 0 aliphatic heterocycles. The molecule has 11 nitrogen and oxygen atoms in total. The van der Waals surface area contributed by atoms with Gasteiger partial charge in [-0.25, -0.2) is 19.2 Å². The zero-order chi connectivity index (χ0) is 15.3. The summed E-state index contributed by atoms with van der Waals surface area (Å²) in [5.41, 5.74) is 0. The number of rotatable bonds is 7. The molecule has 0 bridgehead atoms. The van der Waals surface area contributed by atoms with Crippen molar-refractivity contribution in [3.8, 4) is 0 Å². The molecule has 19 heavy (non-hydrogen) atoms. The van der Waals surface area contributed by atoms with Gasteiger partial charge in [0.2, 0.25) is 6.10 Å². The number of hydrogen-bond donors (Lipinski definition) is 6. The molecule has 0 aliphatic rings. The van der Waals surface area contributed by atoms with E-state index in [9.17, 15) is 19.2 Å². The first kappa shape index (κ1) is 16.8. The van der Waals surface area contributed by atoms with E-state index in [1.54, 1.807) is 0 Å². The third-order valence-corrected chi connectivity index (χ3v) is 1.82. The van der Waals surface area contributed by atoms with Crippen LogP contribution in [0.15, 0.2) is 0 Å². The molecule has 0 heterocycles. The van der Waals surface area contributed by atoms with Gasteiger partial charge in [-0.2, -0.15) is 0 Å². The van der Waals surface area contributed by atoms with Gasteiger partial charge < -0.3 is 35.4 Å². The fourth-order valence-corrected chi connectivity index (χ4v) is 0.838. The standard InChI is InChI=1S/C8H10O11/c9-1(5(12)13)2(10)8(18)19-4(7(16)17)3(11)6(14)15/h1-4,9-11H,(H,12,13)(H,14,15)(H,16,17)/t1-,2+,3-,4+/m0/s1. The molecule has 0 rings (SSSR count). The number of carboxylic acid groups (broad SMARTS) is 3. The minimum atomic E-state index is -2.64. The highest BCUT2D eigenvalue weighted by Gasteiger charge is 2.39. The van der Waals surface area contributed by atoms with Crippen LogP contribution in [0, 0.1) is 0 Å². The molecule has 0 spiro atoms. The number of aliphatic carboxylic acids is 3. The number of carbonyl (C=O) groups is 4. The van der Waals surface area contributed by atoms with E-state index >= 15 is 0 Å². The van der Waals surface area contributed by atoms with E-state index in [1.165, 1.54) is 0 Å². The number of carboxylic acids is 3. The number of ether oxygens (including phenoxy) is 1. The monoisotopic (exact) mass is 282 g/mol. The minimum absolute atomic E-state index is 1.91. The van der Waals surface area contributed by atoms with Crippen LogP contribution in [-0.4, -0.2) is 78.9 Å². The van der Waals surface area contributed by atoms with Crippen LogP contribution >= 0.6 is 0 Å².